The van der Waals surface area contributed by atoms with E-state index in [1.54, 1.807) is 6.08 Å². The highest BCUT2D eigenvalue weighted by Crippen LogP contribution is 2.24. The standard InChI is InChI=1S/C22H23BrN4O2S/c1-4-12-27-19(13-29-21-15(2)6-5-7-16(21)3)25-26-22(27)30-14-20(28)24-18-10-8-17(23)9-11-18/h4-11H,1,12-14H2,2-3H3,(H,24,28). The molecule has 156 valence electrons. The van der Waals surface area contributed by atoms with Crippen molar-refractivity contribution >= 4 is 39.3 Å². The van der Waals surface area contributed by atoms with Crippen LogP contribution in [0.3, 0.4) is 0 Å². The molecular formula is C22H23BrN4O2S. The molecule has 3 rings (SSSR count). The molecule has 0 saturated carbocycles. The Kier molecular flexibility index (Phi) is 7.70. The van der Waals surface area contributed by atoms with Crippen LogP contribution in [0.2, 0.25) is 0 Å². The Morgan fingerprint density at radius 1 is 1.20 bits per heavy atom. The SMILES string of the molecule is C=CCn1c(COc2c(C)cccc2C)nnc1SCC(=O)Nc1ccc(Br)cc1. The molecule has 0 fully saturated rings. The Labute approximate surface area is 188 Å². The molecule has 1 heterocycles. The van der Waals surface area contributed by atoms with Gasteiger partial charge in [-0.05, 0) is 49.2 Å². The molecule has 3 aromatic rings. The number of hydrogen-bond acceptors (Lipinski definition) is 5. The summed E-state index contributed by atoms with van der Waals surface area (Å²) in [5.74, 6) is 1.66. The summed E-state index contributed by atoms with van der Waals surface area (Å²) in [6.45, 7) is 8.67. The quantitative estimate of drug-likeness (QED) is 0.334. The van der Waals surface area contributed by atoms with Crippen LogP contribution in [-0.4, -0.2) is 26.4 Å². The Balaban J connectivity index is 1.64. The fraction of sp³-hybridized carbons (Fsp3) is 0.227. The summed E-state index contributed by atoms with van der Waals surface area (Å²) in [5, 5.41) is 12.0. The number of hydrogen-bond donors (Lipinski definition) is 1. The highest BCUT2D eigenvalue weighted by Gasteiger charge is 2.15. The monoisotopic (exact) mass is 486 g/mol. The minimum Gasteiger partial charge on any atom is -0.485 e. The second-order valence-corrected chi connectivity index (χ2v) is 8.51. The number of thioether (sulfide) groups is 1. The van der Waals surface area contributed by atoms with Crippen LogP contribution < -0.4 is 10.1 Å². The molecule has 0 atom stereocenters. The van der Waals surface area contributed by atoms with Crippen molar-refractivity contribution < 1.29 is 9.53 Å². The molecular weight excluding hydrogens is 464 g/mol. The topological polar surface area (TPSA) is 69.0 Å². The van der Waals surface area contributed by atoms with Gasteiger partial charge in [-0.3, -0.25) is 9.36 Å². The second-order valence-electron chi connectivity index (χ2n) is 6.65. The first kappa shape index (κ1) is 22.1. The number of aromatic nitrogens is 3. The van der Waals surface area contributed by atoms with Crippen LogP contribution in [0, 0.1) is 13.8 Å². The molecule has 1 amide bonds. The average molecular weight is 487 g/mol. The molecule has 30 heavy (non-hydrogen) atoms. The van der Waals surface area contributed by atoms with Crippen LogP contribution in [0.4, 0.5) is 5.69 Å². The van der Waals surface area contributed by atoms with Crippen molar-refractivity contribution in [1.82, 2.24) is 14.8 Å². The summed E-state index contributed by atoms with van der Waals surface area (Å²) in [6, 6.07) is 13.5. The normalized spacial score (nSPS) is 10.6. The summed E-state index contributed by atoms with van der Waals surface area (Å²) in [5.41, 5.74) is 2.90. The van der Waals surface area contributed by atoms with Gasteiger partial charge in [-0.15, -0.1) is 16.8 Å². The summed E-state index contributed by atoms with van der Waals surface area (Å²) < 4.78 is 8.89. The van der Waals surface area contributed by atoms with E-state index in [0.29, 0.717) is 17.5 Å². The van der Waals surface area contributed by atoms with Crippen molar-refractivity contribution in [3.63, 3.8) is 0 Å². The number of amides is 1. The number of benzene rings is 2. The lowest BCUT2D eigenvalue weighted by Crippen LogP contribution is -2.15. The molecule has 2 aromatic carbocycles. The van der Waals surface area contributed by atoms with Gasteiger partial charge in [0.1, 0.15) is 12.4 Å². The first-order valence-corrected chi connectivity index (χ1v) is 11.2. The maximum atomic E-state index is 12.3. The summed E-state index contributed by atoms with van der Waals surface area (Å²) in [7, 11) is 0. The maximum Gasteiger partial charge on any atom is 0.234 e. The number of nitrogens with zero attached hydrogens (tertiary/aromatic N) is 3. The van der Waals surface area contributed by atoms with Crippen LogP contribution in [-0.2, 0) is 17.9 Å². The van der Waals surface area contributed by atoms with Gasteiger partial charge in [0.25, 0.3) is 0 Å². The lowest BCUT2D eigenvalue weighted by molar-refractivity contribution is -0.113. The summed E-state index contributed by atoms with van der Waals surface area (Å²) in [4.78, 5) is 12.3. The Morgan fingerprint density at radius 3 is 2.57 bits per heavy atom. The number of nitrogens with one attached hydrogen (secondary N) is 1. The lowest BCUT2D eigenvalue weighted by Gasteiger charge is -2.12. The highest BCUT2D eigenvalue weighted by molar-refractivity contribution is 9.10. The van der Waals surface area contributed by atoms with Crippen molar-refractivity contribution in [2.75, 3.05) is 11.1 Å². The van der Waals surface area contributed by atoms with Gasteiger partial charge in [0.2, 0.25) is 5.91 Å². The summed E-state index contributed by atoms with van der Waals surface area (Å²) >= 11 is 4.71. The minimum absolute atomic E-state index is 0.108. The number of ether oxygens (including phenoxy) is 1. The van der Waals surface area contributed by atoms with E-state index in [0.717, 1.165) is 27.0 Å². The number of anilines is 1. The molecule has 0 aliphatic heterocycles. The van der Waals surface area contributed by atoms with Gasteiger partial charge in [-0.1, -0.05) is 52.0 Å². The first-order valence-electron chi connectivity index (χ1n) is 9.38. The van der Waals surface area contributed by atoms with Crippen LogP contribution in [0.5, 0.6) is 5.75 Å². The van der Waals surface area contributed by atoms with E-state index in [1.165, 1.54) is 11.8 Å². The van der Waals surface area contributed by atoms with Gasteiger partial charge < -0.3 is 10.1 Å². The molecule has 0 saturated heterocycles. The van der Waals surface area contributed by atoms with E-state index in [2.05, 4.69) is 38.0 Å². The van der Waals surface area contributed by atoms with Gasteiger partial charge in [-0.2, -0.15) is 0 Å². The number of aryl methyl sites for hydroxylation is 2. The van der Waals surface area contributed by atoms with Crippen LogP contribution >= 0.6 is 27.7 Å². The van der Waals surface area contributed by atoms with Crippen molar-refractivity contribution in [1.29, 1.82) is 0 Å². The number of rotatable bonds is 9. The van der Waals surface area contributed by atoms with E-state index < -0.39 is 0 Å². The van der Waals surface area contributed by atoms with Crippen molar-refractivity contribution in [3.05, 3.63) is 76.5 Å². The molecule has 1 N–H and O–H groups in total. The Hall–Kier alpha value is -2.58. The van der Waals surface area contributed by atoms with E-state index >= 15 is 0 Å². The first-order chi connectivity index (χ1) is 14.5. The number of halogens is 1. The van der Waals surface area contributed by atoms with Gasteiger partial charge in [0.15, 0.2) is 11.0 Å². The van der Waals surface area contributed by atoms with E-state index in [1.807, 2.05) is 60.9 Å². The largest absolute Gasteiger partial charge is 0.485 e. The third-order valence-electron chi connectivity index (χ3n) is 4.32. The van der Waals surface area contributed by atoms with Crippen LogP contribution in [0.15, 0.2) is 64.7 Å². The van der Waals surface area contributed by atoms with Gasteiger partial charge in [-0.25, -0.2) is 0 Å². The van der Waals surface area contributed by atoms with Crippen molar-refractivity contribution in [2.45, 2.75) is 32.2 Å². The molecule has 1 aromatic heterocycles. The average Bonchev–Trinajstić information content (AvgIpc) is 3.10. The molecule has 8 heteroatoms. The molecule has 0 aliphatic rings. The molecule has 0 aliphatic carbocycles. The third-order valence-corrected chi connectivity index (χ3v) is 5.82. The molecule has 6 nitrogen and oxygen atoms in total. The molecule has 0 spiro atoms. The van der Waals surface area contributed by atoms with Gasteiger partial charge in [0.05, 0.1) is 5.75 Å². The zero-order valence-corrected chi connectivity index (χ0v) is 19.3. The summed E-state index contributed by atoms with van der Waals surface area (Å²) in [6.07, 6.45) is 1.78. The molecule has 0 unspecified atom stereocenters. The van der Waals surface area contributed by atoms with Gasteiger partial charge >= 0.3 is 0 Å². The van der Waals surface area contributed by atoms with E-state index in [-0.39, 0.29) is 18.3 Å². The molecule has 0 radical (unpaired) electrons. The zero-order chi connectivity index (χ0) is 21.5. The fourth-order valence-electron chi connectivity index (χ4n) is 2.87. The lowest BCUT2D eigenvalue weighted by atomic mass is 10.1. The van der Waals surface area contributed by atoms with Crippen molar-refractivity contribution in [2.24, 2.45) is 0 Å². The van der Waals surface area contributed by atoms with Crippen LogP contribution in [0.1, 0.15) is 17.0 Å². The molecule has 0 bridgehead atoms. The second kappa shape index (κ2) is 10.4. The number of allylic oxidation sites excluding steroid dienone is 1. The predicted molar refractivity (Wildman–Crippen MR) is 124 cm³/mol. The fourth-order valence-corrected chi connectivity index (χ4v) is 3.90. The third kappa shape index (κ3) is 5.73. The van der Waals surface area contributed by atoms with Crippen molar-refractivity contribution in [3.8, 4) is 5.75 Å². The maximum absolute atomic E-state index is 12.3. The highest BCUT2D eigenvalue weighted by atomic mass is 79.9. The number of carbonyl (C=O) groups is 1. The Morgan fingerprint density at radius 2 is 1.90 bits per heavy atom. The zero-order valence-electron chi connectivity index (χ0n) is 16.9. The number of carbonyl (C=O) groups excluding carboxylic acids is 1. The van der Waals surface area contributed by atoms with Gasteiger partial charge in [0, 0.05) is 16.7 Å². The van der Waals surface area contributed by atoms with E-state index in [9.17, 15) is 4.79 Å². The Bertz CT molecular complexity index is 1010. The smallest absolute Gasteiger partial charge is 0.234 e. The predicted octanol–water partition coefficient (Wildman–Crippen LogP) is 5.15. The van der Waals surface area contributed by atoms with E-state index in [4.69, 9.17) is 4.74 Å². The van der Waals surface area contributed by atoms with Crippen LogP contribution in [0.25, 0.3) is 0 Å². The minimum atomic E-state index is -0.108. The number of para-hydroxylation sites is 1.